The summed E-state index contributed by atoms with van der Waals surface area (Å²) in [6.45, 7) is 4.53. The maximum Gasteiger partial charge on any atom is 0.0346 e. The highest BCUT2D eigenvalue weighted by atomic mass is 14.6. The number of benzene rings is 4. The topological polar surface area (TPSA) is 52.0 Å². The zero-order valence-electron chi connectivity index (χ0n) is 35.3. The number of nitrogen functional groups attached to an aromatic ring is 2. The first-order valence-corrected chi connectivity index (χ1v) is 22.9. The highest BCUT2D eigenvalue weighted by Gasteiger charge is 2.06. The first-order valence-electron chi connectivity index (χ1n) is 22.9. The molecule has 0 unspecified atom stereocenters. The van der Waals surface area contributed by atoms with Gasteiger partial charge in [0.1, 0.15) is 0 Å². The molecule has 0 aliphatic heterocycles. The van der Waals surface area contributed by atoms with E-state index in [2.05, 4.69) is 98.8 Å². The van der Waals surface area contributed by atoms with Gasteiger partial charge >= 0.3 is 0 Å². The monoisotopic (exact) mass is 743 g/mol. The van der Waals surface area contributed by atoms with E-state index in [0.717, 1.165) is 37.1 Å². The van der Waals surface area contributed by atoms with Gasteiger partial charge in [-0.1, -0.05) is 196 Å². The van der Waals surface area contributed by atoms with Crippen molar-refractivity contribution in [3.8, 4) is 0 Å². The molecule has 2 heteroatoms. The van der Waals surface area contributed by atoms with E-state index in [4.69, 9.17) is 11.5 Å². The number of rotatable bonds is 30. The third-order valence-corrected chi connectivity index (χ3v) is 11.8. The van der Waals surface area contributed by atoms with E-state index in [1.807, 2.05) is 0 Å². The molecule has 0 spiro atoms. The number of anilines is 2. The van der Waals surface area contributed by atoms with Crippen molar-refractivity contribution in [2.75, 3.05) is 11.5 Å². The summed E-state index contributed by atoms with van der Waals surface area (Å²) in [5.74, 6) is 0. The van der Waals surface area contributed by atoms with Crippen molar-refractivity contribution in [1.82, 2.24) is 0 Å². The summed E-state index contributed by atoms with van der Waals surface area (Å²) < 4.78 is 0. The maximum absolute atomic E-state index is 6.28. The molecule has 0 heterocycles. The van der Waals surface area contributed by atoms with E-state index in [0.29, 0.717) is 0 Å². The lowest BCUT2D eigenvalue weighted by Crippen LogP contribution is -1.98. The Morgan fingerprint density at radius 1 is 0.291 bits per heavy atom. The van der Waals surface area contributed by atoms with E-state index in [-0.39, 0.29) is 0 Å². The molecule has 2 nitrogen and oxygen atoms in total. The molecule has 4 aromatic carbocycles. The molecule has 0 fully saturated rings. The molecule has 0 bridgehead atoms. The highest BCUT2D eigenvalue weighted by molar-refractivity contribution is 5.50. The molecule has 0 amide bonds. The largest absolute Gasteiger partial charge is 0.399 e. The second-order valence-corrected chi connectivity index (χ2v) is 16.8. The van der Waals surface area contributed by atoms with Crippen molar-refractivity contribution < 1.29 is 0 Å². The summed E-state index contributed by atoms with van der Waals surface area (Å²) in [5.41, 5.74) is 25.7. The molecule has 0 aromatic heterocycles. The van der Waals surface area contributed by atoms with Gasteiger partial charge in [-0.25, -0.2) is 0 Å². The van der Waals surface area contributed by atoms with Crippen molar-refractivity contribution in [1.29, 1.82) is 0 Å². The van der Waals surface area contributed by atoms with E-state index >= 15 is 0 Å². The van der Waals surface area contributed by atoms with Gasteiger partial charge in [0.05, 0.1) is 0 Å². The second-order valence-electron chi connectivity index (χ2n) is 16.8. The molecule has 0 aliphatic rings. The molecule has 4 N–H and O–H groups in total. The van der Waals surface area contributed by atoms with E-state index < -0.39 is 0 Å². The summed E-state index contributed by atoms with van der Waals surface area (Å²) in [6, 6.07) is 32.1. The Balaban J connectivity index is 0.949. The summed E-state index contributed by atoms with van der Waals surface area (Å²) in [4.78, 5) is 0. The van der Waals surface area contributed by atoms with Crippen LogP contribution in [-0.2, 0) is 38.5 Å². The van der Waals surface area contributed by atoms with Gasteiger partial charge < -0.3 is 11.5 Å². The fourth-order valence-electron chi connectivity index (χ4n) is 8.18. The Morgan fingerprint density at radius 2 is 0.564 bits per heavy atom. The Morgan fingerprint density at radius 3 is 0.909 bits per heavy atom. The van der Waals surface area contributed by atoms with Crippen LogP contribution in [0.25, 0.3) is 0 Å². The fraction of sp³-hybridized carbons (Fsp3) is 0.547. The number of nitrogens with two attached hydrogens (primary N) is 2. The van der Waals surface area contributed by atoms with Crippen LogP contribution in [-0.4, -0.2) is 0 Å². The summed E-state index contributed by atoms with van der Waals surface area (Å²) in [5, 5.41) is 0. The summed E-state index contributed by atoms with van der Waals surface area (Å²) >= 11 is 0. The van der Waals surface area contributed by atoms with Gasteiger partial charge in [0, 0.05) is 11.4 Å². The lowest BCUT2D eigenvalue weighted by atomic mass is 9.97. The molecule has 0 radical (unpaired) electrons. The fourth-order valence-corrected chi connectivity index (χ4v) is 8.18. The normalized spacial score (nSPS) is 11.4. The Labute approximate surface area is 338 Å². The molecule has 0 atom stereocenters. The number of hydrogen-bond donors (Lipinski definition) is 2. The van der Waals surface area contributed by atoms with Gasteiger partial charge in [-0.05, 0) is 121 Å². The number of hydrogen-bond acceptors (Lipinski definition) is 2. The average Bonchev–Trinajstić information content (AvgIpc) is 3.20. The van der Waals surface area contributed by atoms with Gasteiger partial charge in [0.2, 0.25) is 0 Å². The van der Waals surface area contributed by atoms with Gasteiger partial charge in [0.15, 0.2) is 0 Å². The quantitative estimate of drug-likeness (QED) is 0.0413. The molecule has 0 aliphatic carbocycles. The number of unbranched alkanes of at least 4 members (excludes halogenated alkanes) is 18. The second kappa shape index (κ2) is 27.1. The summed E-state index contributed by atoms with van der Waals surface area (Å²) in [6.07, 6.45) is 34.9. The first kappa shape index (κ1) is 44.2. The first-order chi connectivity index (χ1) is 27.0. The van der Waals surface area contributed by atoms with Crippen molar-refractivity contribution in [2.45, 2.75) is 187 Å². The van der Waals surface area contributed by atoms with Crippen LogP contribution in [0.15, 0.2) is 84.9 Å². The minimum atomic E-state index is 0.953. The minimum absolute atomic E-state index is 0.953. The smallest absolute Gasteiger partial charge is 0.0346 e. The zero-order chi connectivity index (χ0) is 38.8. The van der Waals surface area contributed by atoms with Crippen LogP contribution in [0.1, 0.15) is 193 Å². The van der Waals surface area contributed by atoms with Crippen LogP contribution in [0, 0.1) is 0 Å². The van der Waals surface area contributed by atoms with Crippen molar-refractivity contribution in [3.05, 3.63) is 129 Å². The molecular formula is C53H78N2. The molecular weight excluding hydrogens is 665 g/mol. The lowest BCUT2D eigenvalue weighted by Gasteiger charge is -2.10. The SMILES string of the molecule is CCCCCCc1cc(Cc2ccc(CCCCCCCCCCCCCCCc3ccc(Cc4ccc(N)c(CCCCCC)c4)cc3)cc2)ccc1N. The third kappa shape index (κ3) is 18.3. The predicted molar refractivity (Wildman–Crippen MR) is 243 cm³/mol. The Hall–Kier alpha value is -3.52. The Bertz CT molecular complexity index is 1450. The van der Waals surface area contributed by atoms with Crippen LogP contribution in [0.3, 0.4) is 0 Å². The van der Waals surface area contributed by atoms with Crippen LogP contribution in [0.2, 0.25) is 0 Å². The minimum Gasteiger partial charge on any atom is -0.399 e. The molecule has 4 aromatic rings. The van der Waals surface area contributed by atoms with Crippen LogP contribution < -0.4 is 11.5 Å². The van der Waals surface area contributed by atoms with Gasteiger partial charge in [-0.3, -0.25) is 0 Å². The number of aryl methyl sites for hydroxylation is 4. The molecule has 300 valence electrons. The van der Waals surface area contributed by atoms with Gasteiger partial charge in [-0.2, -0.15) is 0 Å². The predicted octanol–water partition coefficient (Wildman–Crippen LogP) is 15.1. The van der Waals surface area contributed by atoms with Crippen molar-refractivity contribution >= 4 is 11.4 Å². The van der Waals surface area contributed by atoms with Crippen molar-refractivity contribution in [3.63, 3.8) is 0 Å². The van der Waals surface area contributed by atoms with Gasteiger partial charge in [0.25, 0.3) is 0 Å². The molecule has 55 heavy (non-hydrogen) atoms. The molecule has 0 saturated heterocycles. The molecule has 0 saturated carbocycles. The standard InChI is InChI=1S/C53H78N2/c1-3-5-7-22-26-50-42-48(36-38-52(50)54)40-46-32-28-44(29-33-46)24-20-18-16-14-12-10-9-11-13-15-17-19-21-25-45-30-34-47(35-31-45)41-49-37-39-53(55)51(43-49)27-23-8-6-4-2/h28-39,42-43H,3-27,40-41,54-55H2,1-2H3. The van der Waals surface area contributed by atoms with E-state index in [1.54, 1.807) is 0 Å². The zero-order valence-corrected chi connectivity index (χ0v) is 35.3. The van der Waals surface area contributed by atoms with Crippen LogP contribution in [0.5, 0.6) is 0 Å². The van der Waals surface area contributed by atoms with Crippen LogP contribution in [0.4, 0.5) is 11.4 Å². The third-order valence-electron chi connectivity index (χ3n) is 11.8. The van der Waals surface area contributed by atoms with Gasteiger partial charge in [-0.15, -0.1) is 0 Å². The highest BCUT2D eigenvalue weighted by Crippen LogP contribution is 2.23. The summed E-state index contributed by atoms with van der Waals surface area (Å²) in [7, 11) is 0. The lowest BCUT2D eigenvalue weighted by molar-refractivity contribution is 0.536. The van der Waals surface area contributed by atoms with Crippen LogP contribution >= 0.6 is 0 Å². The van der Waals surface area contributed by atoms with Crippen molar-refractivity contribution in [2.24, 2.45) is 0 Å². The average molecular weight is 743 g/mol. The maximum atomic E-state index is 6.28. The van der Waals surface area contributed by atoms with E-state index in [9.17, 15) is 0 Å². The Kier molecular flexibility index (Phi) is 21.8. The molecule has 4 rings (SSSR count). The van der Waals surface area contributed by atoms with E-state index in [1.165, 1.54) is 192 Å².